The maximum atomic E-state index is 2.32. The smallest absolute Gasteiger partial charge is 0.173 e. The molecule has 58 heavy (non-hydrogen) atoms. The van der Waals surface area contributed by atoms with Crippen LogP contribution in [-0.4, -0.2) is 0 Å². The minimum absolute atomic E-state index is 0.847. The fourth-order valence-electron chi connectivity index (χ4n) is 8.29. The minimum Gasteiger partial charge on any atom is -0.205 e. The Morgan fingerprint density at radius 1 is 0.259 bits per heavy atom. The fraction of sp³-hybridized carbons (Fsp3) is 0.111. The lowest BCUT2D eigenvalue weighted by Crippen LogP contribution is -2.35. The van der Waals surface area contributed by atoms with E-state index in [0.717, 1.165) is 39.0 Å². The molecule has 0 bridgehead atoms. The number of benzene rings is 6. The van der Waals surface area contributed by atoms with Crippen LogP contribution in [0.1, 0.15) is 24.0 Å². The van der Waals surface area contributed by atoms with Crippen LogP contribution in [-0.2, 0) is 26.2 Å². The average molecular weight is 751 g/mol. The molecule has 0 aliphatic heterocycles. The van der Waals surface area contributed by atoms with E-state index in [1.165, 1.54) is 76.5 Å². The lowest BCUT2D eigenvalue weighted by molar-refractivity contribution is -0.708. The number of unbranched alkanes of at least 4 members (excludes halogenated alkanes) is 1. The first-order valence-electron chi connectivity index (χ1n) is 20.5. The SMILES string of the molecule is c1ccc2cc3cc(C[n+]4ccc(-c5cc[n+](CCCC[n+]6ccc(-c7cc[n+](Cc8ccc9cc%10ccccc%10cc9c8)cc7)cc6)cc5)cc4)ccc3cc2c1. The monoisotopic (exact) mass is 750 g/mol. The summed E-state index contributed by atoms with van der Waals surface area (Å²) in [6.07, 6.45) is 19.9. The third kappa shape index (κ3) is 7.83. The fourth-order valence-corrected chi connectivity index (χ4v) is 8.29. The van der Waals surface area contributed by atoms with Gasteiger partial charge in [0.15, 0.2) is 62.7 Å². The lowest BCUT2D eigenvalue weighted by atomic mass is 10.0. The van der Waals surface area contributed by atoms with Crippen LogP contribution in [0, 0.1) is 0 Å². The Balaban J connectivity index is 0.691. The zero-order valence-electron chi connectivity index (χ0n) is 32.7. The minimum atomic E-state index is 0.847. The van der Waals surface area contributed by atoms with Crippen molar-refractivity contribution in [3.8, 4) is 22.3 Å². The molecule has 4 aromatic heterocycles. The summed E-state index contributed by atoms with van der Waals surface area (Å²) in [5.74, 6) is 0. The third-order valence-electron chi connectivity index (χ3n) is 11.6. The third-order valence-corrected chi connectivity index (χ3v) is 11.6. The van der Waals surface area contributed by atoms with Crippen molar-refractivity contribution in [2.24, 2.45) is 0 Å². The van der Waals surface area contributed by atoms with Gasteiger partial charge in [-0.05, 0) is 102 Å². The van der Waals surface area contributed by atoms with Crippen molar-refractivity contribution in [2.75, 3.05) is 0 Å². The predicted octanol–water partition coefficient (Wildman–Crippen LogP) is 10.4. The first-order valence-corrected chi connectivity index (χ1v) is 20.5. The van der Waals surface area contributed by atoms with Gasteiger partial charge in [-0.25, -0.2) is 18.3 Å². The van der Waals surface area contributed by atoms with E-state index in [1.807, 2.05) is 0 Å². The zero-order valence-corrected chi connectivity index (χ0v) is 32.7. The normalized spacial score (nSPS) is 11.5. The zero-order chi connectivity index (χ0) is 38.7. The van der Waals surface area contributed by atoms with E-state index >= 15 is 0 Å². The lowest BCUT2D eigenvalue weighted by Gasteiger charge is -2.05. The topological polar surface area (TPSA) is 15.5 Å². The van der Waals surface area contributed by atoms with Crippen LogP contribution in [0.25, 0.3) is 65.3 Å². The predicted molar refractivity (Wildman–Crippen MR) is 235 cm³/mol. The molecular formula is C54H46N4+4. The molecule has 0 saturated carbocycles. The Bertz CT molecular complexity index is 2820. The molecule has 0 amide bonds. The molecule has 4 heteroatoms. The second kappa shape index (κ2) is 15.8. The molecule has 278 valence electrons. The van der Waals surface area contributed by atoms with Crippen LogP contribution in [0.2, 0.25) is 0 Å². The van der Waals surface area contributed by atoms with Gasteiger partial charge >= 0.3 is 0 Å². The summed E-state index contributed by atoms with van der Waals surface area (Å²) in [5, 5.41) is 10.3. The van der Waals surface area contributed by atoms with E-state index in [1.54, 1.807) is 0 Å². The van der Waals surface area contributed by atoms with Crippen molar-refractivity contribution < 1.29 is 18.3 Å². The summed E-state index contributed by atoms with van der Waals surface area (Å²) in [6, 6.07) is 57.8. The molecule has 0 aliphatic carbocycles. The van der Waals surface area contributed by atoms with Gasteiger partial charge in [-0.3, -0.25) is 0 Å². The summed E-state index contributed by atoms with van der Waals surface area (Å²) >= 11 is 0. The largest absolute Gasteiger partial charge is 0.205 e. The number of rotatable bonds is 11. The quantitative estimate of drug-likeness (QED) is 0.0711. The highest BCUT2D eigenvalue weighted by atomic mass is 14.9. The highest BCUT2D eigenvalue weighted by Gasteiger charge is 2.11. The molecule has 0 atom stereocenters. The Morgan fingerprint density at radius 3 is 0.897 bits per heavy atom. The first-order chi connectivity index (χ1) is 28.6. The number of hydrogen-bond acceptors (Lipinski definition) is 0. The molecule has 0 unspecified atom stereocenters. The van der Waals surface area contributed by atoms with Crippen LogP contribution < -0.4 is 18.3 Å². The van der Waals surface area contributed by atoms with Gasteiger partial charge in [-0.1, -0.05) is 72.8 Å². The number of aromatic nitrogens is 4. The van der Waals surface area contributed by atoms with E-state index in [-0.39, 0.29) is 0 Å². The summed E-state index contributed by atoms with van der Waals surface area (Å²) in [5.41, 5.74) is 7.56. The van der Waals surface area contributed by atoms with Gasteiger partial charge in [-0.2, -0.15) is 0 Å². The van der Waals surface area contributed by atoms with Crippen molar-refractivity contribution in [1.29, 1.82) is 0 Å². The second-order valence-corrected chi connectivity index (χ2v) is 15.6. The van der Waals surface area contributed by atoms with E-state index in [2.05, 4.69) is 226 Å². The van der Waals surface area contributed by atoms with Crippen molar-refractivity contribution in [3.63, 3.8) is 0 Å². The van der Waals surface area contributed by atoms with E-state index < -0.39 is 0 Å². The van der Waals surface area contributed by atoms with Gasteiger partial charge < -0.3 is 0 Å². The van der Waals surface area contributed by atoms with Gasteiger partial charge in [0.1, 0.15) is 13.1 Å². The van der Waals surface area contributed by atoms with Crippen LogP contribution in [0.4, 0.5) is 0 Å². The van der Waals surface area contributed by atoms with E-state index in [9.17, 15) is 0 Å². The average Bonchev–Trinajstić information content (AvgIpc) is 3.27. The molecule has 10 rings (SSSR count). The molecule has 0 fully saturated rings. The standard InChI is InChI=1S/C54H46N4/c1-3-9-49-37-53-33-41(11-13-51(53)35-47(49)7-1)39-57-29-19-45(20-30-57)43-15-25-55(26-16-43)23-5-6-24-56-27-17-44(18-28-56)46-21-31-58(32-22-46)40-42-12-14-52-36-48-8-2-4-10-50(48)38-54(52)34-42/h1-4,7-22,25-38H,5-6,23-24,39-40H2/q+4. The van der Waals surface area contributed by atoms with Gasteiger partial charge in [0.05, 0.1) is 0 Å². The van der Waals surface area contributed by atoms with Crippen LogP contribution in [0.5, 0.6) is 0 Å². The van der Waals surface area contributed by atoms with E-state index in [4.69, 9.17) is 0 Å². The Kier molecular flexibility index (Phi) is 9.66. The number of fused-ring (bicyclic) bond motifs is 4. The summed E-state index contributed by atoms with van der Waals surface area (Å²) in [7, 11) is 0. The summed E-state index contributed by atoms with van der Waals surface area (Å²) in [4.78, 5) is 0. The molecular weight excluding hydrogens is 705 g/mol. The molecule has 4 heterocycles. The van der Waals surface area contributed by atoms with E-state index in [0.29, 0.717) is 0 Å². The highest BCUT2D eigenvalue weighted by Crippen LogP contribution is 2.26. The van der Waals surface area contributed by atoms with Crippen LogP contribution in [0.3, 0.4) is 0 Å². The maximum Gasteiger partial charge on any atom is 0.173 e. The Morgan fingerprint density at radius 2 is 0.552 bits per heavy atom. The number of nitrogens with zero attached hydrogens (tertiary/aromatic N) is 4. The van der Waals surface area contributed by atoms with Crippen LogP contribution >= 0.6 is 0 Å². The summed E-state index contributed by atoms with van der Waals surface area (Å²) in [6.45, 7) is 3.71. The number of aryl methyl sites for hydroxylation is 2. The van der Waals surface area contributed by atoms with Gasteiger partial charge in [0, 0.05) is 72.5 Å². The number of pyridine rings is 4. The van der Waals surface area contributed by atoms with Crippen molar-refractivity contribution >= 4 is 43.1 Å². The molecule has 0 saturated heterocycles. The van der Waals surface area contributed by atoms with Gasteiger partial charge in [0.25, 0.3) is 0 Å². The molecule has 0 aliphatic rings. The number of hydrogen-bond donors (Lipinski definition) is 0. The molecule has 0 spiro atoms. The van der Waals surface area contributed by atoms with Crippen molar-refractivity contribution in [3.05, 3.63) is 218 Å². The molecule has 0 radical (unpaired) electrons. The maximum absolute atomic E-state index is 2.32. The molecule has 6 aromatic carbocycles. The van der Waals surface area contributed by atoms with Gasteiger partial charge in [-0.15, -0.1) is 0 Å². The molecule has 4 nitrogen and oxygen atoms in total. The van der Waals surface area contributed by atoms with Gasteiger partial charge in [0.2, 0.25) is 0 Å². The highest BCUT2D eigenvalue weighted by molar-refractivity contribution is 5.99. The molecule has 10 aromatic rings. The van der Waals surface area contributed by atoms with Crippen LogP contribution in [0.15, 0.2) is 207 Å². The second-order valence-electron chi connectivity index (χ2n) is 15.6. The summed E-state index contributed by atoms with van der Waals surface area (Å²) < 4.78 is 9.11. The Hall–Kier alpha value is -7.04. The van der Waals surface area contributed by atoms with Crippen molar-refractivity contribution in [2.45, 2.75) is 39.0 Å². The Labute approximate surface area is 339 Å². The molecule has 0 N–H and O–H groups in total. The van der Waals surface area contributed by atoms with Crippen molar-refractivity contribution in [1.82, 2.24) is 0 Å². The first kappa shape index (κ1) is 35.4.